The van der Waals surface area contributed by atoms with Crippen LogP contribution in [0.1, 0.15) is 12.8 Å². The second-order valence-electron chi connectivity index (χ2n) is 4.14. The minimum Gasteiger partial charge on any atom is -0.481 e. The molecule has 1 heterocycles. The van der Waals surface area contributed by atoms with Crippen LogP contribution in [0.2, 0.25) is 0 Å². The van der Waals surface area contributed by atoms with Gasteiger partial charge in [0, 0.05) is 20.1 Å². The third kappa shape index (κ3) is 3.17. The molecule has 0 aromatic rings. The van der Waals surface area contributed by atoms with Crippen molar-refractivity contribution >= 4 is 17.8 Å². The largest absolute Gasteiger partial charge is 0.481 e. The highest BCUT2D eigenvalue weighted by Gasteiger charge is 2.41. The number of carbonyl (C=O) groups excluding carboxylic acids is 1. The maximum absolute atomic E-state index is 11.9. The summed E-state index contributed by atoms with van der Waals surface area (Å²) in [6.45, 7) is 0.111. The van der Waals surface area contributed by atoms with Gasteiger partial charge in [-0.05, 0) is 0 Å². The average Bonchev–Trinajstić information content (AvgIpc) is 2.71. The Balaban J connectivity index is 2.76. The Bertz CT molecular complexity index is 358. The first-order chi connectivity index (χ1) is 8.36. The molecule has 3 unspecified atom stereocenters. The maximum atomic E-state index is 11.9. The molecule has 0 radical (unpaired) electrons. The Morgan fingerprint density at radius 3 is 2.50 bits per heavy atom. The number of hydrogen-bond acceptors (Lipinski definition) is 5. The monoisotopic (exact) mass is 260 g/mol. The van der Waals surface area contributed by atoms with E-state index < -0.39 is 36.4 Å². The lowest BCUT2D eigenvalue weighted by atomic mass is 10.1. The van der Waals surface area contributed by atoms with Gasteiger partial charge >= 0.3 is 11.9 Å². The van der Waals surface area contributed by atoms with Crippen LogP contribution >= 0.6 is 0 Å². The number of carboxylic acid groups (broad SMARTS) is 2. The number of likely N-dealkylation sites (tertiary alicyclic amines) is 1. The van der Waals surface area contributed by atoms with Crippen molar-refractivity contribution in [2.75, 3.05) is 13.7 Å². The number of aliphatic carboxylic acids is 2. The zero-order valence-corrected chi connectivity index (χ0v) is 9.91. The summed E-state index contributed by atoms with van der Waals surface area (Å²) >= 11 is 0. The quantitative estimate of drug-likeness (QED) is 0.547. The van der Waals surface area contributed by atoms with Gasteiger partial charge in [-0.25, -0.2) is 4.79 Å². The van der Waals surface area contributed by atoms with Crippen molar-refractivity contribution in [1.82, 2.24) is 4.90 Å². The SMILES string of the molecule is COC1CC(C(=O)O)N(C(=O)C(N)CC(=O)O)C1. The van der Waals surface area contributed by atoms with E-state index in [-0.39, 0.29) is 19.1 Å². The second kappa shape index (κ2) is 5.78. The Labute approximate surface area is 103 Å². The first kappa shape index (κ1) is 14.4. The molecule has 3 atom stereocenters. The van der Waals surface area contributed by atoms with E-state index in [1.54, 1.807) is 0 Å². The molecule has 0 saturated carbocycles. The topological polar surface area (TPSA) is 130 Å². The van der Waals surface area contributed by atoms with E-state index in [1.807, 2.05) is 0 Å². The van der Waals surface area contributed by atoms with Crippen molar-refractivity contribution in [2.45, 2.75) is 31.0 Å². The number of nitrogens with two attached hydrogens (primary N) is 1. The van der Waals surface area contributed by atoms with Crippen LogP contribution in [0.25, 0.3) is 0 Å². The molecule has 102 valence electrons. The second-order valence-corrected chi connectivity index (χ2v) is 4.14. The predicted octanol–water partition coefficient (Wildman–Crippen LogP) is -1.51. The molecule has 0 aromatic carbocycles. The molecule has 1 aliphatic rings. The molecule has 0 spiro atoms. The molecule has 1 aliphatic heterocycles. The van der Waals surface area contributed by atoms with Gasteiger partial charge in [0.05, 0.1) is 18.6 Å². The highest BCUT2D eigenvalue weighted by Crippen LogP contribution is 2.21. The standard InChI is InChI=1S/C10H16N2O6/c1-18-5-2-7(10(16)17)12(4-5)9(15)6(11)3-8(13)14/h5-7H,2-4,11H2,1H3,(H,13,14)(H,16,17). The van der Waals surface area contributed by atoms with Crippen LogP contribution in [0.5, 0.6) is 0 Å². The van der Waals surface area contributed by atoms with Crippen molar-refractivity contribution in [1.29, 1.82) is 0 Å². The fourth-order valence-corrected chi connectivity index (χ4v) is 1.93. The van der Waals surface area contributed by atoms with Crippen LogP contribution in [0.3, 0.4) is 0 Å². The summed E-state index contributed by atoms with van der Waals surface area (Å²) in [5.74, 6) is -3.03. The van der Waals surface area contributed by atoms with Gasteiger partial charge in [0.2, 0.25) is 5.91 Å². The van der Waals surface area contributed by atoms with Crippen LogP contribution in [0.4, 0.5) is 0 Å². The third-order valence-electron chi connectivity index (χ3n) is 2.88. The summed E-state index contributed by atoms with van der Waals surface area (Å²) in [6.07, 6.45) is -0.719. The van der Waals surface area contributed by atoms with E-state index in [2.05, 4.69) is 0 Å². The van der Waals surface area contributed by atoms with Crippen LogP contribution in [-0.4, -0.2) is 64.8 Å². The van der Waals surface area contributed by atoms with Crippen molar-refractivity contribution in [3.63, 3.8) is 0 Å². The molecule has 0 bridgehead atoms. The first-order valence-electron chi connectivity index (χ1n) is 5.40. The van der Waals surface area contributed by atoms with E-state index in [9.17, 15) is 14.4 Å². The molecule has 1 fully saturated rings. The third-order valence-corrected chi connectivity index (χ3v) is 2.88. The Hall–Kier alpha value is -1.67. The zero-order chi connectivity index (χ0) is 13.9. The zero-order valence-electron chi connectivity index (χ0n) is 9.91. The number of nitrogens with zero attached hydrogens (tertiary/aromatic N) is 1. The lowest BCUT2D eigenvalue weighted by molar-refractivity contribution is -0.149. The number of carbonyl (C=O) groups is 3. The van der Waals surface area contributed by atoms with E-state index in [0.29, 0.717) is 0 Å². The summed E-state index contributed by atoms with van der Waals surface area (Å²) in [6, 6.07) is -2.25. The van der Waals surface area contributed by atoms with Crippen LogP contribution in [-0.2, 0) is 19.1 Å². The Morgan fingerprint density at radius 1 is 1.44 bits per heavy atom. The molecule has 1 amide bonds. The molecule has 0 aliphatic carbocycles. The molecule has 0 aromatic heterocycles. The molecular weight excluding hydrogens is 244 g/mol. The van der Waals surface area contributed by atoms with Gasteiger partial charge in [-0.3, -0.25) is 9.59 Å². The number of hydrogen-bond donors (Lipinski definition) is 3. The van der Waals surface area contributed by atoms with Crippen molar-refractivity contribution in [3.05, 3.63) is 0 Å². The van der Waals surface area contributed by atoms with Crippen LogP contribution in [0, 0.1) is 0 Å². The van der Waals surface area contributed by atoms with E-state index in [4.69, 9.17) is 20.7 Å². The van der Waals surface area contributed by atoms with Gasteiger partial charge in [0.25, 0.3) is 0 Å². The smallest absolute Gasteiger partial charge is 0.326 e. The van der Waals surface area contributed by atoms with Gasteiger partial charge in [-0.2, -0.15) is 0 Å². The highest BCUT2D eigenvalue weighted by molar-refractivity contribution is 5.90. The lowest BCUT2D eigenvalue weighted by Crippen LogP contribution is -2.49. The number of rotatable bonds is 5. The van der Waals surface area contributed by atoms with E-state index >= 15 is 0 Å². The van der Waals surface area contributed by atoms with Gasteiger partial charge in [-0.15, -0.1) is 0 Å². The predicted molar refractivity (Wildman–Crippen MR) is 58.8 cm³/mol. The van der Waals surface area contributed by atoms with Crippen LogP contribution < -0.4 is 5.73 Å². The fraction of sp³-hybridized carbons (Fsp3) is 0.700. The minimum absolute atomic E-state index is 0.111. The van der Waals surface area contributed by atoms with Crippen molar-refractivity contribution in [2.24, 2.45) is 5.73 Å². The molecular formula is C10H16N2O6. The van der Waals surface area contributed by atoms with Gasteiger partial charge in [0.15, 0.2) is 0 Å². The molecule has 8 heteroatoms. The maximum Gasteiger partial charge on any atom is 0.326 e. The molecule has 1 saturated heterocycles. The Kier molecular flexibility index (Phi) is 4.62. The van der Waals surface area contributed by atoms with Crippen molar-refractivity contribution in [3.8, 4) is 0 Å². The highest BCUT2D eigenvalue weighted by atomic mass is 16.5. The molecule has 18 heavy (non-hydrogen) atoms. The number of ether oxygens (including phenoxy) is 1. The Morgan fingerprint density at radius 2 is 2.06 bits per heavy atom. The molecule has 4 N–H and O–H groups in total. The normalized spacial score (nSPS) is 24.9. The fourth-order valence-electron chi connectivity index (χ4n) is 1.93. The summed E-state index contributed by atoms with van der Waals surface area (Å²) in [7, 11) is 1.43. The average molecular weight is 260 g/mol. The van der Waals surface area contributed by atoms with Gasteiger partial charge in [0.1, 0.15) is 6.04 Å². The molecule has 8 nitrogen and oxygen atoms in total. The summed E-state index contributed by atoms with van der Waals surface area (Å²) in [5.41, 5.74) is 5.44. The van der Waals surface area contributed by atoms with Crippen LogP contribution in [0.15, 0.2) is 0 Å². The number of carboxylic acids is 2. The van der Waals surface area contributed by atoms with Gasteiger partial charge in [-0.1, -0.05) is 0 Å². The summed E-state index contributed by atoms with van der Waals surface area (Å²) in [4.78, 5) is 34.4. The lowest BCUT2D eigenvalue weighted by Gasteiger charge is -2.23. The van der Waals surface area contributed by atoms with Gasteiger partial charge < -0.3 is 25.6 Å². The molecule has 1 rings (SSSR count). The first-order valence-corrected chi connectivity index (χ1v) is 5.40. The van der Waals surface area contributed by atoms with E-state index in [0.717, 1.165) is 4.90 Å². The summed E-state index contributed by atoms with van der Waals surface area (Å²) < 4.78 is 5.02. The minimum atomic E-state index is -1.24. The van der Waals surface area contributed by atoms with E-state index in [1.165, 1.54) is 7.11 Å². The number of amides is 1. The van der Waals surface area contributed by atoms with Crippen molar-refractivity contribution < 1.29 is 29.3 Å². The summed E-state index contributed by atoms with van der Waals surface area (Å²) in [5, 5.41) is 17.6. The number of methoxy groups -OCH3 is 1.